The molecule has 0 aliphatic carbocycles. The van der Waals surface area contributed by atoms with Crippen molar-refractivity contribution in [3.63, 3.8) is 0 Å². The largest absolute Gasteiger partial charge is 0.507 e. The maximum atomic E-state index is 14.3. The van der Waals surface area contributed by atoms with Gasteiger partial charge in [-0.2, -0.15) is 0 Å². The van der Waals surface area contributed by atoms with Gasteiger partial charge in [0.25, 0.3) is 0 Å². The molecule has 4 N–H and O–H groups in total. The van der Waals surface area contributed by atoms with E-state index in [2.05, 4.69) is 167 Å². The van der Waals surface area contributed by atoms with Crippen LogP contribution >= 0.6 is 22.7 Å². The highest BCUT2D eigenvalue weighted by Gasteiger charge is 2.24. The topological polar surface area (TPSA) is 122 Å². The summed E-state index contributed by atoms with van der Waals surface area (Å²) >= 11 is 3.35. The lowest BCUT2D eigenvalue weighted by molar-refractivity contribution is 0.111. The van der Waals surface area contributed by atoms with Gasteiger partial charge in [-0.1, -0.05) is 168 Å². The second kappa shape index (κ2) is 22.8. The third-order valence-electron chi connectivity index (χ3n) is 13.7. The van der Waals surface area contributed by atoms with Crippen molar-refractivity contribution >= 4 is 67.0 Å². The molecule has 0 spiro atoms. The number of fused-ring (bicyclic) bond motifs is 2. The molecule has 10 aromatic rings. The van der Waals surface area contributed by atoms with Crippen LogP contribution in [0.3, 0.4) is 0 Å². The summed E-state index contributed by atoms with van der Waals surface area (Å²) in [6.07, 6.45) is 1.65. The highest BCUT2D eigenvalue weighted by Crippen LogP contribution is 2.44. The van der Waals surface area contributed by atoms with E-state index in [1.807, 2.05) is 42.5 Å². The van der Waals surface area contributed by atoms with Gasteiger partial charge >= 0.3 is 0 Å². The highest BCUT2D eigenvalue weighted by molar-refractivity contribution is 7.22. The van der Waals surface area contributed by atoms with E-state index < -0.39 is 11.6 Å². The number of nitrogen functional groups attached to an aromatic ring is 1. The van der Waals surface area contributed by atoms with Crippen LogP contribution in [0.25, 0.3) is 63.8 Å². The molecule has 10 rings (SSSR count). The molecule has 0 aliphatic rings. The summed E-state index contributed by atoms with van der Waals surface area (Å²) in [4.78, 5) is 24.8. The van der Waals surface area contributed by atoms with Crippen LogP contribution in [-0.4, -0.2) is 32.7 Å². The third-order valence-corrected chi connectivity index (χ3v) is 15.8. The number of benzene rings is 8. The Morgan fingerprint density at radius 3 is 1.28 bits per heavy atom. The Morgan fingerprint density at radius 1 is 0.468 bits per heavy atom. The number of carbonyl (C=O) groups is 1. The Labute approximate surface area is 471 Å². The number of aromatic hydroxyl groups is 2. The number of aldehydes is 1. The minimum Gasteiger partial charge on any atom is -0.507 e. The number of carbonyl (C=O) groups excluding carboxylic acids is 1. The number of anilines is 1. The number of phenols is 2. The van der Waals surface area contributed by atoms with Gasteiger partial charge in [-0.15, -0.1) is 22.7 Å². The van der Waals surface area contributed by atoms with Gasteiger partial charge in [0.1, 0.15) is 33.1 Å². The molecule has 404 valence electrons. The van der Waals surface area contributed by atoms with Gasteiger partial charge in [0, 0.05) is 34.2 Å². The minimum atomic E-state index is -0.699. The number of hydrogen-bond donors (Lipinski definition) is 3. The number of rotatable bonds is 7. The van der Waals surface area contributed by atoms with Crippen molar-refractivity contribution in [2.24, 2.45) is 4.99 Å². The molecule has 0 unspecified atom stereocenters. The Bertz CT molecular complexity index is 3810. The fourth-order valence-corrected chi connectivity index (χ4v) is 10.9. The van der Waals surface area contributed by atoms with Crippen molar-refractivity contribution in [3.8, 4) is 54.9 Å². The Morgan fingerprint density at radius 2 is 0.873 bits per heavy atom. The maximum Gasteiger partial charge on any atom is 0.156 e. The van der Waals surface area contributed by atoms with E-state index in [1.54, 1.807) is 22.7 Å². The number of thiazole rings is 2. The zero-order valence-electron chi connectivity index (χ0n) is 47.0. The molecule has 2 aromatic heterocycles. The normalized spacial score (nSPS) is 12.1. The zero-order valence-corrected chi connectivity index (χ0v) is 48.6. The number of para-hydroxylation sites is 2. The van der Waals surface area contributed by atoms with Crippen molar-refractivity contribution in [1.82, 2.24) is 9.97 Å². The van der Waals surface area contributed by atoms with Crippen LogP contribution < -0.4 is 5.73 Å². The van der Waals surface area contributed by atoms with Crippen molar-refractivity contribution in [2.75, 3.05) is 5.73 Å². The van der Waals surface area contributed by atoms with Gasteiger partial charge in [-0.05, 0) is 128 Å². The number of aliphatic imine (C=N–C) groups is 1. The second-order valence-corrected chi connectivity index (χ2v) is 25.8. The van der Waals surface area contributed by atoms with Crippen molar-refractivity contribution < 1.29 is 23.8 Å². The highest BCUT2D eigenvalue weighted by atomic mass is 32.1. The molecule has 0 amide bonds. The molecular formula is C68H68F2N4O3S2. The number of aromatic nitrogens is 2. The lowest BCUT2D eigenvalue weighted by Crippen LogP contribution is -2.11. The molecule has 7 nitrogen and oxygen atoms in total. The molecule has 0 aliphatic heterocycles. The van der Waals surface area contributed by atoms with Crippen LogP contribution in [0.4, 0.5) is 20.2 Å². The van der Waals surface area contributed by atoms with Gasteiger partial charge < -0.3 is 15.9 Å². The molecule has 79 heavy (non-hydrogen) atoms. The van der Waals surface area contributed by atoms with E-state index in [1.165, 1.54) is 74.6 Å². The van der Waals surface area contributed by atoms with E-state index >= 15 is 0 Å². The Balaban J connectivity index is 0.000000181. The first kappa shape index (κ1) is 57.3. The number of phenolic OH excluding ortho intramolecular Hbond substituents is 2. The Kier molecular flexibility index (Phi) is 16.6. The van der Waals surface area contributed by atoms with Crippen LogP contribution in [0, 0.1) is 11.6 Å². The quantitative estimate of drug-likeness (QED) is 0.0830. The molecule has 8 aromatic carbocycles. The zero-order chi connectivity index (χ0) is 57.2. The molecule has 0 bridgehead atoms. The van der Waals surface area contributed by atoms with E-state index in [0.29, 0.717) is 5.69 Å². The summed E-state index contributed by atoms with van der Waals surface area (Å²) in [7, 11) is 0. The number of halogens is 2. The molecule has 0 fully saturated rings. The molecular weight excluding hydrogens is 1020 g/mol. The molecule has 11 heteroatoms. The number of nitrogens with two attached hydrogens (primary N) is 1. The van der Waals surface area contributed by atoms with Crippen LogP contribution in [0.15, 0.2) is 163 Å². The summed E-state index contributed by atoms with van der Waals surface area (Å²) in [6, 6.07) is 50.5. The smallest absolute Gasteiger partial charge is 0.156 e. The van der Waals surface area contributed by atoms with E-state index in [0.717, 1.165) is 59.8 Å². The molecule has 0 saturated carbocycles. The monoisotopic (exact) mass is 1090 g/mol. The predicted octanol–water partition coefficient (Wildman–Crippen LogP) is 19.0. The molecule has 2 heterocycles. The molecule has 0 saturated heterocycles. The first-order valence-electron chi connectivity index (χ1n) is 26.2. The van der Waals surface area contributed by atoms with Crippen LogP contribution in [-0.2, 0) is 21.7 Å². The fourth-order valence-electron chi connectivity index (χ4n) is 8.78. The molecule has 0 radical (unpaired) electrons. The molecule has 0 atom stereocenters. The number of hydrogen-bond acceptors (Lipinski definition) is 9. The van der Waals surface area contributed by atoms with Gasteiger partial charge in [0.05, 0.1) is 37.2 Å². The van der Waals surface area contributed by atoms with Crippen molar-refractivity contribution in [3.05, 3.63) is 203 Å². The van der Waals surface area contributed by atoms with Crippen LogP contribution in [0.5, 0.6) is 11.5 Å². The van der Waals surface area contributed by atoms with Crippen LogP contribution in [0.2, 0.25) is 0 Å². The maximum absolute atomic E-state index is 14.3. The van der Waals surface area contributed by atoms with Gasteiger partial charge in [0.15, 0.2) is 6.29 Å². The van der Waals surface area contributed by atoms with Crippen molar-refractivity contribution in [1.29, 1.82) is 0 Å². The fraction of sp³-hybridized carbons (Fsp3) is 0.235. The predicted molar refractivity (Wildman–Crippen MR) is 329 cm³/mol. The summed E-state index contributed by atoms with van der Waals surface area (Å²) in [6.45, 7) is 26.9. The second-order valence-electron chi connectivity index (χ2n) is 23.8. The van der Waals surface area contributed by atoms with Crippen LogP contribution in [0.1, 0.15) is 121 Å². The Hall–Kier alpha value is -7.86. The number of nitrogens with zero attached hydrogens (tertiary/aromatic N) is 3. The van der Waals surface area contributed by atoms with Crippen molar-refractivity contribution in [2.45, 2.75) is 105 Å². The first-order valence-corrected chi connectivity index (χ1v) is 27.8. The lowest BCUT2D eigenvalue weighted by Gasteiger charge is -2.21. The third kappa shape index (κ3) is 13.2. The van der Waals surface area contributed by atoms with E-state index in [-0.39, 0.29) is 50.6 Å². The van der Waals surface area contributed by atoms with Gasteiger partial charge in [-0.25, -0.2) is 18.7 Å². The van der Waals surface area contributed by atoms with E-state index in [9.17, 15) is 18.7 Å². The first-order chi connectivity index (χ1) is 37.2. The average molecular weight is 1090 g/mol. The summed E-state index contributed by atoms with van der Waals surface area (Å²) < 4.78 is 29.1. The standard InChI is InChI=1S/C34H33FN2OS.C27H30N2S.C7H5FO2/c1-33(2,3)22-16-14-21(15-17-22)25-18-23(34(4,5)6)19-30-31(25)37-32(39-30)24-10-7-8-12-28(24)36-20-26-27(35)11-9-13-29(26)38;1-26(2,3)18-13-11-17(12-14-18)21-15-19(27(4,5)6)16-23-24(21)29-25(30-23)20-9-7-8-10-22(20)28;8-6-2-1-3-7(10)5(6)4-9/h7-20,38H,1-6H3;7-16H,28H2,1-6H3;1-4,10H. The van der Waals surface area contributed by atoms with Gasteiger partial charge in [0.2, 0.25) is 0 Å². The summed E-state index contributed by atoms with van der Waals surface area (Å²) in [5.41, 5.74) is 21.4. The lowest BCUT2D eigenvalue weighted by atomic mass is 9.84. The average Bonchev–Trinajstić information content (AvgIpc) is 4.15. The SMILES string of the molecule is CC(C)(C)c1ccc(-c2cc(C(C)(C)C)cc3sc(-c4ccccc4N)nc23)cc1.CC(C)(C)c1ccc(-c2cc(C(C)(C)C)cc3sc(-c4ccccc4N=Cc4c(O)cccc4F)nc23)cc1.O=Cc1c(O)cccc1F. The minimum absolute atomic E-state index is 0.0254. The van der Waals surface area contributed by atoms with Gasteiger partial charge in [-0.3, -0.25) is 9.79 Å². The summed E-state index contributed by atoms with van der Waals surface area (Å²) in [5.74, 6) is -1.69. The summed E-state index contributed by atoms with van der Waals surface area (Å²) in [5, 5.41) is 20.7. The van der Waals surface area contributed by atoms with E-state index in [4.69, 9.17) is 20.8 Å².